The Morgan fingerprint density at radius 2 is 2.07 bits per heavy atom. The third-order valence-corrected chi connectivity index (χ3v) is 5.79. The lowest BCUT2D eigenvalue weighted by Crippen LogP contribution is -2.14. The van der Waals surface area contributed by atoms with Gasteiger partial charge in [0.1, 0.15) is 5.75 Å². The number of hydrogen-bond acceptors (Lipinski definition) is 6. The number of nitrogens with zero attached hydrogens (tertiary/aromatic N) is 2. The molecule has 146 valence electrons. The molecular formula is C21H16BrN3O3S. The molecular weight excluding hydrogens is 454 g/mol. The Balaban J connectivity index is 1.55. The molecule has 0 saturated heterocycles. The molecule has 0 aliphatic heterocycles. The molecule has 0 spiro atoms. The lowest BCUT2D eigenvalue weighted by atomic mass is 10.1. The van der Waals surface area contributed by atoms with Gasteiger partial charge in [0.25, 0.3) is 5.91 Å². The SMILES string of the molecule is COc1ccc(Br)c(C(=O)Nc2ccccc2Cc2nc(-c3cccs3)no2)c1. The van der Waals surface area contributed by atoms with E-state index in [0.717, 1.165) is 10.4 Å². The van der Waals surface area contributed by atoms with Gasteiger partial charge in [-0.05, 0) is 57.2 Å². The van der Waals surface area contributed by atoms with Crippen molar-refractivity contribution < 1.29 is 14.1 Å². The monoisotopic (exact) mass is 469 g/mol. The van der Waals surface area contributed by atoms with Gasteiger partial charge in [-0.15, -0.1) is 11.3 Å². The molecule has 0 fully saturated rings. The molecule has 6 nitrogen and oxygen atoms in total. The standard InChI is InChI=1S/C21H16BrN3O3S/c1-27-14-8-9-16(22)15(12-14)21(26)23-17-6-3-2-5-13(17)11-19-24-20(25-28-19)18-7-4-10-29-18/h2-10,12H,11H2,1H3,(H,23,26). The van der Waals surface area contributed by atoms with Gasteiger partial charge in [-0.25, -0.2) is 0 Å². The number of benzene rings is 2. The Labute approximate surface area is 179 Å². The largest absolute Gasteiger partial charge is 0.497 e. The van der Waals surface area contributed by atoms with E-state index in [4.69, 9.17) is 9.26 Å². The molecule has 2 aromatic carbocycles. The first-order valence-corrected chi connectivity index (χ1v) is 10.4. The number of methoxy groups -OCH3 is 1. The summed E-state index contributed by atoms with van der Waals surface area (Å²) in [6.45, 7) is 0. The van der Waals surface area contributed by atoms with Crippen LogP contribution >= 0.6 is 27.3 Å². The molecule has 4 aromatic rings. The lowest BCUT2D eigenvalue weighted by molar-refractivity contribution is 0.102. The molecule has 0 unspecified atom stereocenters. The molecule has 1 amide bonds. The van der Waals surface area contributed by atoms with Gasteiger partial charge >= 0.3 is 0 Å². The Morgan fingerprint density at radius 3 is 2.86 bits per heavy atom. The van der Waals surface area contributed by atoms with Crippen molar-refractivity contribution in [2.75, 3.05) is 12.4 Å². The number of anilines is 1. The van der Waals surface area contributed by atoms with E-state index < -0.39 is 0 Å². The Kier molecular flexibility index (Phi) is 5.73. The van der Waals surface area contributed by atoms with E-state index in [0.29, 0.717) is 39.6 Å². The molecule has 4 rings (SSSR count). The minimum Gasteiger partial charge on any atom is -0.497 e. The summed E-state index contributed by atoms with van der Waals surface area (Å²) in [5.74, 6) is 1.42. The van der Waals surface area contributed by atoms with Crippen LogP contribution < -0.4 is 10.1 Å². The minimum absolute atomic E-state index is 0.243. The molecule has 0 radical (unpaired) electrons. The fourth-order valence-electron chi connectivity index (χ4n) is 2.79. The molecule has 0 saturated carbocycles. The highest BCUT2D eigenvalue weighted by molar-refractivity contribution is 9.10. The molecule has 29 heavy (non-hydrogen) atoms. The predicted octanol–water partition coefficient (Wildman–Crippen LogP) is 5.41. The van der Waals surface area contributed by atoms with Crippen molar-refractivity contribution in [3.8, 4) is 16.5 Å². The number of para-hydroxylation sites is 1. The summed E-state index contributed by atoms with van der Waals surface area (Å²) in [6.07, 6.45) is 0.411. The van der Waals surface area contributed by atoms with Crippen molar-refractivity contribution in [3.05, 3.63) is 81.5 Å². The molecule has 0 aliphatic carbocycles. The first kappa shape index (κ1) is 19.4. The highest BCUT2D eigenvalue weighted by atomic mass is 79.9. The van der Waals surface area contributed by atoms with E-state index in [1.165, 1.54) is 0 Å². The third kappa shape index (κ3) is 4.38. The number of thiophene rings is 1. The van der Waals surface area contributed by atoms with Crippen molar-refractivity contribution >= 4 is 38.9 Å². The average molecular weight is 470 g/mol. The Hall–Kier alpha value is -2.97. The number of aromatic nitrogens is 2. The fourth-order valence-corrected chi connectivity index (χ4v) is 3.86. The van der Waals surface area contributed by atoms with Crippen LogP contribution in [0.2, 0.25) is 0 Å². The topological polar surface area (TPSA) is 77.2 Å². The van der Waals surface area contributed by atoms with Crippen LogP contribution in [-0.4, -0.2) is 23.2 Å². The quantitative estimate of drug-likeness (QED) is 0.408. The van der Waals surface area contributed by atoms with Gasteiger partial charge in [0.2, 0.25) is 11.7 Å². The Morgan fingerprint density at radius 1 is 1.21 bits per heavy atom. The zero-order chi connectivity index (χ0) is 20.2. The van der Waals surface area contributed by atoms with Crippen LogP contribution in [0.3, 0.4) is 0 Å². The van der Waals surface area contributed by atoms with E-state index in [-0.39, 0.29) is 5.91 Å². The van der Waals surface area contributed by atoms with Crippen LogP contribution in [0.25, 0.3) is 10.7 Å². The third-order valence-electron chi connectivity index (χ3n) is 4.24. The van der Waals surface area contributed by atoms with Crippen LogP contribution in [-0.2, 0) is 6.42 Å². The van der Waals surface area contributed by atoms with Crippen LogP contribution in [0.1, 0.15) is 21.8 Å². The van der Waals surface area contributed by atoms with E-state index in [9.17, 15) is 4.79 Å². The van der Waals surface area contributed by atoms with Gasteiger partial charge < -0.3 is 14.6 Å². The highest BCUT2D eigenvalue weighted by Gasteiger charge is 2.16. The van der Waals surface area contributed by atoms with E-state index in [1.54, 1.807) is 36.6 Å². The molecule has 2 aromatic heterocycles. The van der Waals surface area contributed by atoms with E-state index >= 15 is 0 Å². The maximum Gasteiger partial charge on any atom is 0.256 e. The number of carbonyl (C=O) groups excluding carboxylic acids is 1. The van der Waals surface area contributed by atoms with Gasteiger partial charge in [-0.2, -0.15) is 4.98 Å². The van der Waals surface area contributed by atoms with Gasteiger partial charge in [0, 0.05) is 10.2 Å². The van der Waals surface area contributed by atoms with Crippen molar-refractivity contribution in [1.29, 1.82) is 0 Å². The van der Waals surface area contributed by atoms with Crippen LogP contribution in [0.15, 0.2) is 69.0 Å². The fraction of sp³-hybridized carbons (Fsp3) is 0.0952. The van der Waals surface area contributed by atoms with Crippen molar-refractivity contribution in [3.63, 3.8) is 0 Å². The minimum atomic E-state index is -0.243. The first-order chi connectivity index (χ1) is 14.1. The van der Waals surface area contributed by atoms with Gasteiger partial charge in [0.05, 0.1) is 24.0 Å². The van der Waals surface area contributed by atoms with Crippen LogP contribution in [0.4, 0.5) is 5.69 Å². The summed E-state index contributed by atoms with van der Waals surface area (Å²) in [7, 11) is 1.56. The molecule has 0 aliphatic rings. The van der Waals surface area contributed by atoms with Crippen molar-refractivity contribution in [1.82, 2.24) is 10.1 Å². The average Bonchev–Trinajstić information content (AvgIpc) is 3.41. The summed E-state index contributed by atoms with van der Waals surface area (Å²) < 4.78 is 11.3. The first-order valence-electron chi connectivity index (χ1n) is 8.73. The molecule has 2 heterocycles. The zero-order valence-electron chi connectivity index (χ0n) is 15.4. The highest BCUT2D eigenvalue weighted by Crippen LogP contribution is 2.26. The number of halogens is 1. The predicted molar refractivity (Wildman–Crippen MR) is 116 cm³/mol. The molecule has 0 bridgehead atoms. The second-order valence-electron chi connectivity index (χ2n) is 6.12. The zero-order valence-corrected chi connectivity index (χ0v) is 17.8. The van der Waals surface area contributed by atoms with E-state index in [1.807, 2.05) is 41.8 Å². The van der Waals surface area contributed by atoms with Crippen molar-refractivity contribution in [2.45, 2.75) is 6.42 Å². The number of rotatable bonds is 6. The second kappa shape index (κ2) is 8.59. The number of carbonyl (C=O) groups is 1. The van der Waals surface area contributed by atoms with Gasteiger partial charge in [0.15, 0.2) is 0 Å². The summed E-state index contributed by atoms with van der Waals surface area (Å²) in [4.78, 5) is 18.2. The molecule has 1 N–H and O–H groups in total. The lowest BCUT2D eigenvalue weighted by Gasteiger charge is -2.11. The summed E-state index contributed by atoms with van der Waals surface area (Å²) in [5.41, 5.74) is 2.04. The van der Waals surface area contributed by atoms with Crippen molar-refractivity contribution in [2.24, 2.45) is 0 Å². The maximum absolute atomic E-state index is 12.8. The molecule has 8 heteroatoms. The van der Waals surface area contributed by atoms with Crippen LogP contribution in [0.5, 0.6) is 5.75 Å². The smallest absolute Gasteiger partial charge is 0.256 e. The van der Waals surface area contributed by atoms with Crippen LogP contribution in [0, 0.1) is 0 Å². The Bertz CT molecular complexity index is 1140. The second-order valence-corrected chi connectivity index (χ2v) is 7.92. The summed E-state index contributed by atoms with van der Waals surface area (Å²) in [5, 5.41) is 8.97. The number of hydrogen-bond donors (Lipinski definition) is 1. The van der Waals surface area contributed by atoms with Gasteiger partial charge in [-0.1, -0.05) is 29.4 Å². The molecule has 0 atom stereocenters. The number of amides is 1. The summed E-state index contributed by atoms with van der Waals surface area (Å²) in [6, 6.07) is 16.7. The number of nitrogens with one attached hydrogen (secondary N) is 1. The number of ether oxygens (including phenoxy) is 1. The maximum atomic E-state index is 12.8. The summed E-state index contributed by atoms with van der Waals surface area (Å²) >= 11 is 4.97. The normalized spacial score (nSPS) is 10.7. The van der Waals surface area contributed by atoms with E-state index in [2.05, 4.69) is 31.4 Å². The van der Waals surface area contributed by atoms with Gasteiger partial charge in [-0.3, -0.25) is 4.79 Å².